The van der Waals surface area contributed by atoms with Crippen molar-refractivity contribution in [2.24, 2.45) is 0 Å². The van der Waals surface area contributed by atoms with E-state index in [-0.39, 0.29) is 13.0 Å². The largest absolute Gasteiger partial charge is 0.458 e. The van der Waals surface area contributed by atoms with Crippen molar-refractivity contribution in [3.8, 4) is 0 Å². The van der Waals surface area contributed by atoms with E-state index in [0.717, 1.165) is 49.5 Å². The normalized spacial score (nSPS) is 11.8. The number of likely N-dealkylation sites (N-methyl/N-ethyl adjacent to an activating group) is 1. The van der Waals surface area contributed by atoms with E-state index in [1.165, 1.54) is 12.8 Å². The number of aliphatic hydroxyl groups excluding tert-OH is 1. The molecule has 0 heterocycles. The fourth-order valence-electron chi connectivity index (χ4n) is 4.87. The van der Waals surface area contributed by atoms with Crippen LogP contribution in [0.3, 0.4) is 0 Å². The van der Waals surface area contributed by atoms with Crippen LogP contribution in [0.2, 0.25) is 0 Å². The van der Waals surface area contributed by atoms with Crippen molar-refractivity contribution in [3.05, 3.63) is 71.3 Å². The fourth-order valence-corrected chi connectivity index (χ4v) is 4.87. The average molecular weight is 800 g/mol. The van der Waals surface area contributed by atoms with Crippen molar-refractivity contribution in [1.29, 1.82) is 0 Å². The topological polar surface area (TPSA) is 192 Å². The van der Waals surface area contributed by atoms with Gasteiger partial charge in [-0.1, -0.05) is 122 Å². The number of carbonyl (C=O) groups excluding carboxylic acids is 6. The smallest absolute Gasteiger partial charge is 0.333 e. The molecule has 2 rings (SSSR count). The second-order valence-electron chi connectivity index (χ2n) is 14.1. The standard InChI is InChI=1S/C36H51N5O8.2C3H8.C2H6/c1-36(2,3)49-35(48)32(27-17-10-8-11-18-27)41-31(45)24-39-34(47)29(43)22-38-33(46)28(40-30(44)23-37-4)21-26-16-13-15-25(20-26)14-9-6-5-7-12-19-42;2*1-3-2;1-2/h8,10-11,13,15-20,28-29,32,37,43H,5-7,9,12,14,21-24H2,1-4H3,(H,38,46)(H,39,47)(H,40,44)(H,41,45);2*3H2,1-2H3;1-2H3. The third kappa shape index (κ3) is 27.6. The third-order valence-electron chi connectivity index (χ3n) is 7.23. The lowest BCUT2D eigenvalue weighted by Gasteiger charge is -2.25. The van der Waals surface area contributed by atoms with Gasteiger partial charge in [-0.2, -0.15) is 0 Å². The Kier molecular flexibility index (Phi) is 32.0. The maximum absolute atomic E-state index is 13.2. The molecule has 0 aliphatic carbocycles. The first-order chi connectivity index (χ1) is 27.2. The minimum atomic E-state index is -1.70. The summed E-state index contributed by atoms with van der Waals surface area (Å²) in [5.74, 6) is -3.29. The lowest BCUT2D eigenvalue weighted by molar-refractivity contribution is -0.158. The molecule has 3 unspecified atom stereocenters. The van der Waals surface area contributed by atoms with E-state index in [9.17, 15) is 33.9 Å². The van der Waals surface area contributed by atoms with E-state index in [1.54, 1.807) is 58.2 Å². The highest BCUT2D eigenvalue weighted by molar-refractivity contribution is 5.91. The molecule has 3 atom stereocenters. The van der Waals surface area contributed by atoms with Crippen molar-refractivity contribution in [3.63, 3.8) is 0 Å². The number of benzene rings is 2. The molecular formula is C44H73N5O8. The number of rotatable bonds is 21. The molecule has 0 radical (unpaired) electrons. The Bertz CT molecular complexity index is 1410. The second kappa shape index (κ2) is 33.5. The SMILES string of the molecule is CC.CCC.CCC.CNCC(=O)NC(Cc1cccc(CCCCCCC=O)c1)C(=O)NCC(O)C(=O)NCC(=O)NC(C(=O)OC(C)(C)C)c1ccccc1. The molecule has 2 aromatic rings. The zero-order valence-corrected chi connectivity index (χ0v) is 36.3. The lowest BCUT2D eigenvalue weighted by atomic mass is 9.99. The van der Waals surface area contributed by atoms with Gasteiger partial charge >= 0.3 is 5.97 Å². The van der Waals surface area contributed by atoms with Crippen molar-refractivity contribution in [2.75, 3.05) is 26.7 Å². The van der Waals surface area contributed by atoms with Gasteiger partial charge in [0.15, 0.2) is 6.04 Å². The minimum Gasteiger partial charge on any atom is -0.458 e. The molecule has 13 heteroatoms. The molecule has 13 nitrogen and oxygen atoms in total. The number of amides is 4. The first kappa shape index (κ1) is 54.5. The Morgan fingerprint density at radius 2 is 1.33 bits per heavy atom. The van der Waals surface area contributed by atoms with Gasteiger partial charge in [0.05, 0.1) is 19.6 Å². The quantitative estimate of drug-likeness (QED) is 0.0555. The fraction of sp³-hybridized carbons (Fsp3) is 0.591. The summed E-state index contributed by atoms with van der Waals surface area (Å²) in [6.07, 6.45) is 7.15. The molecule has 57 heavy (non-hydrogen) atoms. The number of aldehydes is 1. The van der Waals surface area contributed by atoms with Gasteiger partial charge in [0, 0.05) is 12.8 Å². The van der Waals surface area contributed by atoms with E-state index in [2.05, 4.69) is 54.3 Å². The molecule has 0 aliphatic rings. The lowest BCUT2D eigenvalue weighted by Crippen LogP contribution is -2.52. The number of unbranched alkanes of at least 4 members (excludes halogenated alkanes) is 4. The zero-order chi connectivity index (χ0) is 43.6. The Hall–Kier alpha value is -4.62. The van der Waals surface area contributed by atoms with E-state index in [0.29, 0.717) is 12.0 Å². The minimum absolute atomic E-state index is 0.0138. The number of hydrogen-bond acceptors (Lipinski definition) is 9. The summed E-state index contributed by atoms with van der Waals surface area (Å²) < 4.78 is 5.44. The highest BCUT2D eigenvalue weighted by Gasteiger charge is 2.29. The van der Waals surface area contributed by atoms with E-state index in [1.807, 2.05) is 38.1 Å². The monoisotopic (exact) mass is 800 g/mol. The predicted octanol–water partition coefficient (Wildman–Crippen LogP) is 5.28. The summed E-state index contributed by atoms with van der Waals surface area (Å²) in [5.41, 5.74) is 1.61. The average Bonchev–Trinajstić information content (AvgIpc) is 3.17. The van der Waals surface area contributed by atoms with Gasteiger partial charge in [0.1, 0.15) is 24.0 Å². The van der Waals surface area contributed by atoms with Gasteiger partial charge in [-0.05, 0) is 63.8 Å². The molecule has 322 valence electrons. The Balaban J connectivity index is 0. The first-order valence-electron chi connectivity index (χ1n) is 20.4. The predicted molar refractivity (Wildman–Crippen MR) is 227 cm³/mol. The molecule has 0 saturated heterocycles. The van der Waals surface area contributed by atoms with E-state index in [4.69, 9.17) is 4.74 Å². The number of nitrogens with one attached hydrogen (secondary N) is 5. The van der Waals surface area contributed by atoms with E-state index < -0.39 is 66.5 Å². The van der Waals surface area contributed by atoms with E-state index >= 15 is 0 Å². The molecule has 0 saturated carbocycles. The summed E-state index contributed by atoms with van der Waals surface area (Å²) in [4.78, 5) is 74.1. The first-order valence-corrected chi connectivity index (χ1v) is 20.4. The van der Waals surface area contributed by atoms with Gasteiger partial charge in [-0.25, -0.2) is 4.79 Å². The highest BCUT2D eigenvalue weighted by atomic mass is 16.6. The number of esters is 1. The molecule has 0 fully saturated rings. The van der Waals surface area contributed by atoms with Gasteiger partial charge in [0.25, 0.3) is 5.91 Å². The van der Waals surface area contributed by atoms with Crippen LogP contribution >= 0.6 is 0 Å². The van der Waals surface area contributed by atoms with Crippen molar-refractivity contribution < 1.29 is 38.6 Å². The zero-order valence-electron chi connectivity index (χ0n) is 36.3. The molecular weight excluding hydrogens is 727 g/mol. The Morgan fingerprint density at radius 3 is 1.91 bits per heavy atom. The summed E-state index contributed by atoms with van der Waals surface area (Å²) >= 11 is 0. The summed E-state index contributed by atoms with van der Waals surface area (Å²) in [6.45, 7) is 16.6. The number of carbonyl (C=O) groups is 6. The Labute approximate surface area is 342 Å². The van der Waals surface area contributed by atoms with Crippen LogP contribution in [0, 0.1) is 0 Å². The summed E-state index contributed by atoms with van der Waals surface area (Å²) in [6, 6.07) is 14.1. The van der Waals surface area contributed by atoms with Crippen molar-refractivity contribution in [2.45, 2.75) is 144 Å². The summed E-state index contributed by atoms with van der Waals surface area (Å²) in [5, 5.41) is 23.2. The molecule has 0 aliphatic heterocycles. The van der Waals surface area contributed by atoms with Crippen molar-refractivity contribution in [1.82, 2.24) is 26.6 Å². The van der Waals surface area contributed by atoms with Gasteiger partial charge in [-0.3, -0.25) is 19.2 Å². The number of ether oxygens (including phenoxy) is 1. The second-order valence-corrected chi connectivity index (χ2v) is 14.1. The van der Waals surface area contributed by atoms with Gasteiger partial charge in [-0.15, -0.1) is 0 Å². The van der Waals surface area contributed by atoms with Gasteiger partial charge in [0.2, 0.25) is 17.7 Å². The van der Waals surface area contributed by atoms with Crippen LogP contribution in [0.25, 0.3) is 0 Å². The maximum atomic E-state index is 13.2. The van der Waals surface area contributed by atoms with Crippen LogP contribution in [0.5, 0.6) is 0 Å². The van der Waals surface area contributed by atoms with Crippen LogP contribution in [0.1, 0.15) is 130 Å². The molecule has 2 aromatic carbocycles. The third-order valence-corrected chi connectivity index (χ3v) is 7.23. The molecule has 0 aromatic heterocycles. The van der Waals surface area contributed by atoms with Crippen LogP contribution < -0.4 is 26.6 Å². The van der Waals surface area contributed by atoms with Crippen molar-refractivity contribution >= 4 is 35.9 Å². The summed E-state index contributed by atoms with van der Waals surface area (Å²) in [7, 11) is 1.60. The molecule has 6 N–H and O–H groups in total. The molecule has 4 amide bonds. The van der Waals surface area contributed by atoms with Crippen LogP contribution in [0.4, 0.5) is 0 Å². The number of aryl methyl sites for hydroxylation is 1. The number of aliphatic hydroxyl groups is 1. The van der Waals surface area contributed by atoms with Crippen LogP contribution in [-0.2, 0) is 46.3 Å². The Morgan fingerprint density at radius 1 is 0.754 bits per heavy atom. The van der Waals surface area contributed by atoms with Gasteiger partial charge < -0.3 is 41.2 Å². The maximum Gasteiger partial charge on any atom is 0.333 e. The number of hydrogen-bond donors (Lipinski definition) is 6. The van der Waals surface area contributed by atoms with Crippen LogP contribution in [0.15, 0.2) is 54.6 Å². The molecule has 0 spiro atoms. The highest BCUT2D eigenvalue weighted by Crippen LogP contribution is 2.19. The van der Waals surface area contributed by atoms with Crippen LogP contribution in [-0.4, -0.2) is 85.4 Å². The molecule has 0 bridgehead atoms.